The molecule has 6 heavy (non-hydrogen) atoms. The van der Waals surface area contributed by atoms with Crippen LogP contribution in [0.3, 0.4) is 0 Å². The molecule has 0 saturated carbocycles. The zero-order valence-electron chi connectivity index (χ0n) is 4.32. The van der Waals surface area contributed by atoms with Crippen LogP contribution in [0.2, 0.25) is 0 Å². The van der Waals surface area contributed by atoms with Crippen molar-refractivity contribution in [3.05, 3.63) is 0 Å². The minimum atomic E-state index is 0.300. The van der Waals surface area contributed by atoms with Crippen molar-refractivity contribution < 1.29 is 27.5 Å². The fraction of sp³-hybridized carbons (Fsp3) is 1.00. The second-order valence-corrected chi connectivity index (χ2v) is 1.000. The van der Waals surface area contributed by atoms with Crippen molar-refractivity contribution in [2.24, 2.45) is 0 Å². The van der Waals surface area contributed by atoms with E-state index in [-0.39, 0.29) is 0 Å². The van der Waals surface area contributed by atoms with Crippen LogP contribution < -0.4 is 0 Å². The van der Waals surface area contributed by atoms with Gasteiger partial charge >= 0.3 is 27.5 Å². The van der Waals surface area contributed by atoms with E-state index >= 15 is 0 Å². The molecule has 0 saturated heterocycles. The van der Waals surface area contributed by atoms with Gasteiger partial charge in [0, 0.05) is 0 Å². The predicted octanol–water partition coefficient (Wildman–Crippen LogP) is 1.69. The average molecular weight is 165 g/mol. The second-order valence-electron chi connectivity index (χ2n) is 1.000. The van der Waals surface area contributed by atoms with Gasteiger partial charge in [-0.1, -0.05) is 26.7 Å². The molecule has 0 atom stereocenters. The van der Waals surface area contributed by atoms with Gasteiger partial charge in [0.15, 0.2) is 0 Å². The van der Waals surface area contributed by atoms with Crippen LogP contribution >= 0.6 is 0 Å². The summed E-state index contributed by atoms with van der Waals surface area (Å²) in [6.07, 6.45) is 2.64. The second kappa shape index (κ2) is 17.3. The Morgan fingerprint density at radius 1 is 1.17 bits per heavy atom. The van der Waals surface area contributed by atoms with Gasteiger partial charge in [0.25, 0.3) is 0 Å². The van der Waals surface area contributed by atoms with E-state index in [1.807, 2.05) is 0 Å². The molecule has 0 aliphatic rings. The summed E-state index contributed by atoms with van der Waals surface area (Å²) in [5.74, 6) is 0. The molecular weight excluding hydrogens is 155 g/mol. The molecule has 0 rings (SSSR count). The molecule has 0 aliphatic carbocycles. The molecule has 0 aromatic heterocycles. The van der Waals surface area contributed by atoms with Gasteiger partial charge in [-0.05, 0) is 0 Å². The molecule has 0 heterocycles. The van der Waals surface area contributed by atoms with Gasteiger partial charge in [-0.3, -0.25) is 0 Å². The Morgan fingerprint density at radius 2 is 1.33 bits per heavy atom. The third-order valence-corrected chi connectivity index (χ3v) is 0.500. The molecular formula is C4H10OZr. The van der Waals surface area contributed by atoms with Crippen LogP contribution in [0, 0.1) is 0 Å². The van der Waals surface area contributed by atoms with Crippen LogP contribution in [0.15, 0.2) is 0 Å². The van der Waals surface area contributed by atoms with Gasteiger partial charge in [-0.2, -0.15) is 0 Å². The van der Waals surface area contributed by atoms with E-state index in [2.05, 4.69) is 13.8 Å². The maximum atomic E-state index is 8.34. The topological polar surface area (TPSA) is 17.1 Å². The van der Waals surface area contributed by atoms with E-state index in [0.29, 0.717) is 24.7 Å². The van der Waals surface area contributed by atoms with E-state index in [1.165, 1.54) is 12.8 Å². The molecule has 0 N–H and O–H groups in total. The molecule has 0 spiro atoms. The maximum absolute atomic E-state index is 8.34. The predicted molar refractivity (Wildman–Crippen MR) is 21.3 cm³/mol. The third kappa shape index (κ3) is 22.4. The summed E-state index contributed by atoms with van der Waals surface area (Å²) in [4.78, 5) is 0. The van der Waals surface area contributed by atoms with Crippen LogP contribution in [0.5, 0.6) is 0 Å². The van der Waals surface area contributed by atoms with Gasteiger partial charge in [0.2, 0.25) is 0 Å². The fourth-order valence-corrected chi connectivity index (χ4v) is 0. The van der Waals surface area contributed by atoms with Crippen molar-refractivity contribution in [1.29, 1.82) is 0 Å². The summed E-state index contributed by atoms with van der Waals surface area (Å²) in [5.41, 5.74) is 0. The fourth-order valence-electron chi connectivity index (χ4n) is 0. The van der Waals surface area contributed by atoms with Crippen molar-refractivity contribution >= 4 is 0 Å². The number of rotatable bonds is 1. The van der Waals surface area contributed by atoms with Crippen LogP contribution in [0.1, 0.15) is 26.7 Å². The average Bonchev–Trinajstić information content (AvgIpc) is 1.72. The first kappa shape index (κ1) is 9.84. The third-order valence-electron chi connectivity index (χ3n) is 0.500. The quantitative estimate of drug-likeness (QED) is 0.578. The summed E-state index contributed by atoms with van der Waals surface area (Å²) < 4.78 is 8.34. The van der Waals surface area contributed by atoms with E-state index in [4.69, 9.17) is 2.81 Å². The molecule has 0 radical (unpaired) electrons. The van der Waals surface area contributed by atoms with E-state index < -0.39 is 0 Å². The normalized spacial score (nSPS) is 5.50. The SMILES string of the molecule is CCCC.[O]=[Zr]. The van der Waals surface area contributed by atoms with E-state index in [1.54, 1.807) is 0 Å². The zero-order valence-corrected chi connectivity index (χ0v) is 6.78. The molecule has 0 amide bonds. The molecule has 0 fully saturated rings. The van der Waals surface area contributed by atoms with Gasteiger partial charge < -0.3 is 0 Å². The Morgan fingerprint density at radius 3 is 1.33 bits per heavy atom. The van der Waals surface area contributed by atoms with Crippen LogP contribution in [0.25, 0.3) is 0 Å². The minimum absolute atomic E-state index is 0.300. The Hall–Kier alpha value is 0.683. The summed E-state index contributed by atoms with van der Waals surface area (Å²) >= 11 is 0.300. The van der Waals surface area contributed by atoms with Crippen LogP contribution in [-0.4, -0.2) is 0 Å². The van der Waals surface area contributed by atoms with Crippen LogP contribution in [0.4, 0.5) is 0 Å². The molecule has 0 bridgehead atoms. The summed E-state index contributed by atoms with van der Waals surface area (Å²) in [5, 5.41) is 0. The number of hydrogen-bond acceptors (Lipinski definition) is 1. The van der Waals surface area contributed by atoms with Crippen molar-refractivity contribution in [2.75, 3.05) is 0 Å². The zero-order chi connectivity index (χ0) is 5.41. The number of unbranched alkanes of at least 4 members (excludes halogenated alkanes) is 1. The molecule has 0 aromatic rings. The first-order valence-electron chi connectivity index (χ1n) is 2.12. The summed E-state index contributed by atoms with van der Waals surface area (Å²) in [7, 11) is 0. The molecule has 1 nitrogen and oxygen atoms in total. The monoisotopic (exact) mass is 164 g/mol. The Bertz CT molecular complexity index is 15.0. The van der Waals surface area contributed by atoms with E-state index in [9.17, 15) is 0 Å². The first-order valence-corrected chi connectivity index (χ1v) is 3.12. The Labute approximate surface area is 54.4 Å². The van der Waals surface area contributed by atoms with Gasteiger partial charge in [-0.25, -0.2) is 0 Å². The van der Waals surface area contributed by atoms with Crippen molar-refractivity contribution in [2.45, 2.75) is 26.7 Å². The standard InChI is InChI=1S/C4H10.O.Zr/c1-3-4-2;;/h3-4H2,1-2H3;;. The van der Waals surface area contributed by atoms with Gasteiger partial charge in [-0.15, -0.1) is 0 Å². The molecule has 0 aromatic carbocycles. The Kier molecular flexibility index (Phi) is 28.4. The summed E-state index contributed by atoms with van der Waals surface area (Å²) in [6, 6.07) is 0. The Balaban J connectivity index is 0. The number of hydrogen-bond donors (Lipinski definition) is 0. The molecule has 36 valence electrons. The summed E-state index contributed by atoms with van der Waals surface area (Å²) in [6.45, 7) is 4.36. The van der Waals surface area contributed by atoms with Gasteiger partial charge in [0.1, 0.15) is 0 Å². The van der Waals surface area contributed by atoms with Crippen LogP contribution in [-0.2, 0) is 27.5 Å². The molecule has 0 aliphatic heterocycles. The van der Waals surface area contributed by atoms with Crippen molar-refractivity contribution in [1.82, 2.24) is 0 Å². The van der Waals surface area contributed by atoms with Crippen molar-refractivity contribution in [3.63, 3.8) is 0 Å². The molecule has 0 unspecified atom stereocenters. The van der Waals surface area contributed by atoms with Crippen molar-refractivity contribution in [3.8, 4) is 0 Å². The van der Waals surface area contributed by atoms with Gasteiger partial charge in [0.05, 0.1) is 0 Å². The first-order chi connectivity index (χ1) is 2.91. The van der Waals surface area contributed by atoms with E-state index in [0.717, 1.165) is 0 Å². The molecule has 2 heteroatoms.